The highest BCUT2D eigenvalue weighted by Gasteiger charge is 2.49. The summed E-state index contributed by atoms with van der Waals surface area (Å²) in [5, 5.41) is 19.9. The van der Waals surface area contributed by atoms with Crippen molar-refractivity contribution in [1.82, 2.24) is 4.31 Å². The van der Waals surface area contributed by atoms with Crippen LogP contribution in [0.5, 0.6) is 0 Å². The molecule has 0 unspecified atom stereocenters. The maximum atomic E-state index is 12.7. The fraction of sp³-hybridized carbons (Fsp3) is 0.562. The van der Waals surface area contributed by atoms with Crippen molar-refractivity contribution >= 4 is 27.8 Å². The summed E-state index contributed by atoms with van der Waals surface area (Å²) < 4.78 is 26.6. The smallest absolute Gasteiger partial charge is 0.312 e. The number of aliphatic hydroxyl groups excluding tert-OH is 1. The SMILES string of the molecule is CCC[C@]1(C(=O)O)CCN(S(=O)(=O)c2ccc(SC)cc2)C[C@@H]1O. The van der Waals surface area contributed by atoms with E-state index in [-0.39, 0.29) is 24.4 Å². The first-order valence-corrected chi connectivity index (χ1v) is 10.5. The van der Waals surface area contributed by atoms with Crippen molar-refractivity contribution in [2.45, 2.75) is 42.1 Å². The number of thioether (sulfide) groups is 1. The van der Waals surface area contributed by atoms with Crippen LogP contribution in [0.15, 0.2) is 34.1 Å². The van der Waals surface area contributed by atoms with Crippen molar-refractivity contribution in [3.8, 4) is 0 Å². The maximum absolute atomic E-state index is 12.7. The lowest BCUT2D eigenvalue weighted by Crippen LogP contribution is -2.55. The van der Waals surface area contributed by atoms with Crippen LogP contribution in [0.25, 0.3) is 0 Å². The van der Waals surface area contributed by atoms with Gasteiger partial charge in [-0.15, -0.1) is 11.8 Å². The van der Waals surface area contributed by atoms with Gasteiger partial charge in [0.1, 0.15) is 0 Å². The van der Waals surface area contributed by atoms with Crippen molar-refractivity contribution in [3.63, 3.8) is 0 Å². The Labute approximate surface area is 146 Å². The molecule has 1 aromatic carbocycles. The Bertz CT molecular complexity index is 689. The van der Waals surface area contributed by atoms with Gasteiger partial charge in [-0.2, -0.15) is 4.31 Å². The molecule has 0 spiro atoms. The largest absolute Gasteiger partial charge is 0.481 e. The van der Waals surface area contributed by atoms with Crippen molar-refractivity contribution in [2.24, 2.45) is 5.41 Å². The predicted octanol–water partition coefficient (Wildman–Crippen LogP) is 2.03. The molecule has 1 saturated heterocycles. The van der Waals surface area contributed by atoms with E-state index in [0.29, 0.717) is 12.8 Å². The molecule has 0 radical (unpaired) electrons. The fourth-order valence-electron chi connectivity index (χ4n) is 3.16. The second-order valence-corrected chi connectivity index (χ2v) is 8.83. The van der Waals surface area contributed by atoms with Crippen LogP contribution in [-0.4, -0.2) is 54.4 Å². The second-order valence-electron chi connectivity index (χ2n) is 6.02. The van der Waals surface area contributed by atoms with Gasteiger partial charge in [-0.1, -0.05) is 13.3 Å². The van der Waals surface area contributed by atoms with Crippen molar-refractivity contribution in [1.29, 1.82) is 0 Å². The van der Waals surface area contributed by atoms with Gasteiger partial charge in [-0.3, -0.25) is 4.79 Å². The number of hydrogen-bond acceptors (Lipinski definition) is 5. The average molecular weight is 373 g/mol. The number of aliphatic hydroxyl groups is 1. The summed E-state index contributed by atoms with van der Waals surface area (Å²) in [5.41, 5.74) is -1.26. The Hall–Kier alpha value is -1.09. The molecule has 0 saturated carbocycles. The molecule has 1 aliphatic rings. The number of carboxylic acids is 1. The molecule has 0 bridgehead atoms. The van der Waals surface area contributed by atoms with Crippen LogP contribution in [0.1, 0.15) is 26.2 Å². The molecule has 8 heteroatoms. The molecule has 0 aliphatic carbocycles. The van der Waals surface area contributed by atoms with Gasteiger partial charge in [0, 0.05) is 18.0 Å². The number of carbonyl (C=O) groups is 1. The van der Waals surface area contributed by atoms with Crippen LogP contribution in [0.4, 0.5) is 0 Å². The van der Waals surface area contributed by atoms with E-state index in [0.717, 1.165) is 4.90 Å². The first-order chi connectivity index (χ1) is 11.3. The minimum Gasteiger partial charge on any atom is -0.481 e. The lowest BCUT2D eigenvalue weighted by molar-refractivity contribution is -0.162. The van der Waals surface area contributed by atoms with Gasteiger partial charge >= 0.3 is 5.97 Å². The Kier molecular flexibility index (Phi) is 5.95. The van der Waals surface area contributed by atoms with E-state index in [4.69, 9.17) is 0 Å². The number of nitrogens with zero attached hydrogens (tertiary/aromatic N) is 1. The van der Waals surface area contributed by atoms with Crippen molar-refractivity contribution < 1.29 is 23.4 Å². The normalized spacial score (nSPS) is 25.5. The number of sulfonamides is 1. The minimum absolute atomic E-state index is 0.0932. The highest BCUT2D eigenvalue weighted by Crippen LogP contribution is 2.38. The van der Waals surface area contributed by atoms with Gasteiger partial charge in [-0.05, 0) is 43.4 Å². The third-order valence-corrected chi connectivity index (χ3v) is 7.26. The zero-order valence-corrected chi connectivity index (χ0v) is 15.4. The quantitative estimate of drug-likeness (QED) is 0.741. The van der Waals surface area contributed by atoms with Gasteiger partial charge in [0.05, 0.1) is 16.4 Å². The third-order valence-electron chi connectivity index (χ3n) is 4.64. The van der Waals surface area contributed by atoms with Crippen LogP contribution in [0.3, 0.4) is 0 Å². The van der Waals surface area contributed by atoms with E-state index in [2.05, 4.69) is 0 Å². The maximum Gasteiger partial charge on any atom is 0.312 e. The molecular weight excluding hydrogens is 350 g/mol. The number of carboxylic acid groups (broad SMARTS) is 1. The number of rotatable bonds is 6. The Balaban J connectivity index is 2.23. The number of piperidine rings is 1. The topological polar surface area (TPSA) is 94.9 Å². The zero-order chi connectivity index (χ0) is 18.0. The van der Waals surface area contributed by atoms with Crippen LogP contribution in [-0.2, 0) is 14.8 Å². The van der Waals surface area contributed by atoms with Gasteiger partial charge < -0.3 is 10.2 Å². The number of β-amino-alcohol motifs (C(OH)–C–C–N with tert-alkyl or cyclic N) is 1. The lowest BCUT2D eigenvalue weighted by Gasteiger charge is -2.42. The number of aliphatic carboxylic acids is 1. The van der Waals surface area contributed by atoms with Crippen LogP contribution in [0.2, 0.25) is 0 Å². The van der Waals surface area contributed by atoms with E-state index in [1.165, 1.54) is 16.1 Å². The molecular formula is C16H23NO5S2. The summed E-state index contributed by atoms with van der Waals surface area (Å²) in [6.07, 6.45) is 1.75. The van der Waals surface area contributed by atoms with E-state index in [1.54, 1.807) is 24.3 Å². The highest BCUT2D eigenvalue weighted by molar-refractivity contribution is 7.98. The van der Waals surface area contributed by atoms with E-state index >= 15 is 0 Å². The lowest BCUT2D eigenvalue weighted by atomic mass is 9.73. The summed E-state index contributed by atoms with van der Waals surface area (Å²) in [7, 11) is -3.74. The summed E-state index contributed by atoms with van der Waals surface area (Å²) in [5.74, 6) is -1.06. The molecule has 1 heterocycles. The molecule has 24 heavy (non-hydrogen) atoms. The van der Waals surface area contributed by atoms with Gasteiger partial charge in [0.15, 0.2) is 0 Å². The Morgan fingerprint density at radius 1 is 1.38 bits per heavy atom. The standard InChI is InChI=1S/C16H23NO5S2/c1-3-8-16(15(19)20)9-10-17(11-14(16)18)24(21,22)13-6-4-12(23-2)5-7-13/h4-7,14,18H,3,8-11H2,1-2H3,(H,19,20)/t14-,16-/m0/s1. The number of benzene rings is 1. The first kappa shape index (κ1) is 19.2. The molecule has 1 aliphatic heterocycles. The van der Waals surface area contributed by atoms with Crippen LogP contribution in [0, 0.1) is 5.41 Å². The number of hydrogen-bond donors (Lipinski definition) is 2. The summed E-state index contributed by atoms with van der Waals surface area (Å²) in [6.45, 7) is 1.75. The molecule has 2 N–H and O–H groups in total. The molecule has 0 aromatic heterocycles. The van der Waals surface area contributed by atoms with Gasteiger partial charge in [0.2, 0.25) is 10.0 Å². The van der Waals surface area contributed by atoms with Crippen molar-refractivity contribution in [2.75, 3.05) is 19.3 Å². The monoisotopic (exact) mass is 373 g/mol. The van der Waals surface area contributed by atoms with E-state index in [9.17, 15) is 23.4 Å². The molecule has 1 fully saturated rings. The summed E-state index contributed by atoms with van der Waals surface area (Å²) in [4.78, 5) is 12.8. The molecule has 1 aromatic rings. The Morgan fingerprint density at radius 3 is 2.46 bits per heavy atom. The minimum atomic E-state index is -3.74. The Morgan fingerprint density at radius 2 is 2.00 bits per heavy atom. The fourth-order valence-corrected chi connectivity index (χ4v) is 5.01. The van der Waals surface area contributed by atoms with E-state index < -0.39 is 27.5 Å². The highest BCUT2D eigenvalue weighted by atomic mass is 32.2. The molecule has 134 valence electrons. The molecule has 6 nitrogen and oxygen atoms in total. The molecule has 2 atom stereocenters. The van der Waals surface area contributed by atoms with Gasteiger partial charge in [0.25, 0.3) is 0 Å². The van der Waals surface area contributed by atoms with Gasteiger partial charge in [-0.25, -0.2) is 8.42 Å². The van der Waals surface area contributed by atoms with Crippen LogP contribution < -0.4 is 0 Å². The second kappa shape index (κ2) is 7.43. The summed E-state index contributed by atoms with van der Waals surface area (Å²) in [6, 6.07) is 6.55. The third kappa shape index (κ3) is 3.46. The zero-order valence-electron chi connectivity index (χ0n) is 13.8. The van der Waals surface area contributed by atoms with Crippen molar-refractivity contribution in [3.05, 3.63) is 24.3 Å². The van der Waals surface area contributed by atoms with E-state index in [1.807, 2.05) is 13.2 Å². The first-order valence-electron chi connectivity index (χ1n) is 7.83. The molecule has 0 amide bonds. The van der Waals surface area contributed by atoms with Crippen LogP contribution >= 0.6 is 11.8 Å². The summed E-state index contributed by atoms with van der Waals surface area (Å²) >= 11 is 1.52. The average Bonchev–Trinajstić information content (AvgIpc) is 2.56. The molecule has 2 rings (SSSR count). The predicted molar refractivity (Wildman–Crippen MR) is 92.6 cm³/mol.